The second-order valence-corrected chi connectivity index (χ2v) is 7.17. The quantitative estimate of drug-likeness (QED) is 0.495. The number of aromatic nitrogens is 2. The number of nitrogens with one attached hydrogen (secondary N) is 2. The van der Waals surface area contributed by atoms with Gasteiger partial charge in [-0.1, -0.05) is 30.3 Å². The van der Waals surface area contributed by atoms with E-state index in [0.29, 0.717) is 19.4 Å². The standard InChI is InChI=1S/C20H25N5O4/c21-15(10-14-11-22-12-23-14)19(27)25-8-4-7-17(25)18(26)24-16(20(28)29)9-13-5-2-1-3-6-13/h1-3,5-6,11-12,15-17H,4,7-10,21H2,(H,22,23)(H,24,26)(H,28,29)/t15?,16?,17-/m0/s1. The number of imidazole rings is 1. The van der Waals surface area contributed by atoms with Gasteiger partial charge in [-0.15, -0.1) is 0 Å². The third-order valence-corrected chi connectivity index (χ3v) is 5.05. The van der Waals surface area contributed by atoms with E-state index in [1.165, 1.54) is 11.2 Å². The number of carboxylic acids is 1. The molecule has 0 saturated carbocycles. The summed E-state index contributed by atoms with van der Waals surface area (Å²) in [7, 11) is 0. The van der Waals surface area contributed by atoms with Crippen molar-refractivity contribution < 1.29 is 19.5 Å². The van der Waals surface area contributed by atoms with Gasteiger partial charge in [0.1, 0.15) is 12.1 Å². The molecule has 0 radical (unpaired) electrons. The van der Waals surface area contributed by atoms with E-state index in [4.69, 9.17) is 5.73 Å². The summed E-state index contributed by atoms with van der Waals surface area (Å²) >= 11 is 0. The summed E-state index contributed by atoms with van der Waals surface area (Å²) in [6, 6.07) is 6.50. The van der Waals surface area contributed by atoms with Crippen LogP contribution in [0.1, 0.15) is 24.1 Å². The van der Waals surface area contributed by atoms with Crippen molar-refractivity contribution in [3.8, 4) is 0 Å². The Hall–Kier alpha value is -3.20. The number of amides is 2. The van der Waals surface area contributed by atoms with Crippen molar-refractivity contribution in [2.24, 2.45) is 5.73 Å². The molecule has 29 heavy (non-hydrogen) atoms. The van der Waals surface area contributed by atoms with Crippen LogP contribution in [0.4, 0.5) is 0 Å². The molecule has 3 atom stereocenters. The topological polar surface area (TPSA) is 141 Å². The number of aromatic amines is 1. The normalized spacial score (nSPS) is 18.2. The molecule has 2 aromatic rings. The van der Waals surface area contributed by atoms with Crippen LogP contribution in [0, 0.1) is 0 Å². The highest BCUT2D eigenvalue weighted by Gasteiger charge is 2.37. The zero-order valence-corrected chi connectivity index (χ0v) is 16.0. The first-order valence-corrected chi connectivity index (χ1v) is 9.56. The van der Waals surface area contributed by atoms with Crippen molar-refractivity contribution >= 4 is 17.8 Å². The van der Waals surface area contributed by atoms with Gasteiger partial charge in [-0.3, -0.25) is 9.59 Å². The zero-order valence-electron chi connectivity index (χ0n) is 16.0. The highest BCUT2D eigenvalue weighted by Crippen LogP contribution is 2.19. The number of aliphatic carboxylic acids is 1. The van der Waals surface area contributed by atoms with Crippen LogP contribution in [0.15, 0.2) is 42.9 Å². The maximum Gasteiger partial charge on any atom is 0.326 e. The molecule has 1 aliphatic rings. The van der Waals surface area contributed by atoms with Crippen molar-refractivity contribution in [2.75, 3.05) is 6.54 Å². The van der Waals surface area contributed by atoms with Crippen molar-refractivity contribution in [1.29, 1.82) is 0 Å². The number of carbonyl (C=O) groups excluding carboxylic acids is 2. The van der Waals surface area contributed by atoms with E-state index in [-0.39, 0.29) is 18.7 Å². The number of hydrogen-bond acceptors (Lipinski definition) is 5. The largest absolute Gasteiger partial charge is 0.480 e. The molecule has 2 unspecified atom stereocenters. The molecule has 154 valence electrons. The minimum Gasteiger partial charge on any atom is -0.480 e. The first-order chi connectivity index (χ1) is 14.0. The average molecular weight is 399 g/mol. The molecular weight excluding hydrogens is 374 g/mol. The molecular formula is C20H25N5O4. The van der Waals surface area contributed by atoms with Gasteiger partial charge in [0.25, 0.3) is 0 Å². The van der Waals surface area contributed by atoms with E-state index in [9.17, 15) is 19.5 Å². The number of rotatable bonds is 8. The predicted molar refractivity (Wildman–Crippen MR) is 105 cm³/mol. The van der Waals surface area contributed by atoms with Crippen molar-refractivity contribution in [1.82, 2.24) is 20.2 Å². The Kier molecular flexibility index (Phi) is 6.61. The van der Waals surface area contributed by atoms with Gasteiger partial charge < -0.3 is 26.0 Å². The molecule has 5 N–H and O–H groups in total. The second-order valence-electron chi connectivity index (χ2n) is 7.17. The first kappa shape index (κ1) is 20.5. The molecule has 0 aliphatic carbocycles. The number of H-pyrrole nitrogens is 1. The molecule has 1 aromatic heterocycles. The van der Waals surface area contributed by atoms with Gasteiger partial charge in [-0.25, -0.2) is 9.78 Å². The summed E-state index contributed by atoms with van der Waals surface area (Å²) in [5.41, 5.74) is 7.58. The van der Waals surface area contributed by atoms with Crippen LogP contribution < -0.4 is 11.1 Å². The molecule has 9 nitrogen and oxygen atoms in total. The summed E-state index contributed by atoms with van der Waals surface area (Å²) in [4.78, 5) is 45.4. The van der Waals surface area contributed by atoms with Crippen molar-refractivity contribution in [3.05, 3.63) is 54.1 Å². The molecule has 3 rings (SSSR count). The van der Waals surface area contributed by atoms with Crippen molar-refractivity contribution in [2.45, 2.75) is 43.8 Å². The van der Waals surface area contributed by atoms with Gasteiger partial charge in [-0.2, -0.15) is 0 Å². The fourth-order valence-electron chi connectivity index (χ4n) is 3.55. The van der Waals surface area contributed by atoms with E-state index >= 15 is 0 Å². The van der Waals surface area contributed by atoms with E-state index in [2.05, 4.69) is 15.3 Å². The molecule has 2 amide bonds. The van der Waals surface area contributed by atoms with Crippen LogP contribution in [0.5, 0.6) is 0 Å². The van der Waals surface area contributed by atoms with Crippen LogP contribution in [-0.4, -0.2) is 62.4 Å². The van der Waals surface area contributed by atoms with Crippen LogP contribution in [0.3, 0.4) is 0 Å². The van der Waals surface area contributed by atoms with Gasteiger partial charge in [0.15, 0.2) is 0 Å². The van der Waals surface area contributed by atoms with Crippen LogP contribution in [-0.2, 0) is 27.2 Å². The Labute approximate surface area is 168 Å². The maximum atomic E-state index is 12.8. The number of likely N-dealkylation sites (tertiary alicyclic amines) is 1. The van der Waals surface area contributed by atoms with E-state index in [1.54, 1.807) is 6.20 Å². The van der Waals surface area contributed by atoms with Crippen LogP contribution >= 0.6 is 0 Å². The summed E-state index contributed by atoms with van der Waals surface area (Å²) in [5.74, 6) is -1.91. The molecule has 0 bridgehead atoms. The van der Waals surface area contributed by atoms with Crippen LogP contribution in [0.25, 0.3) is 0 Å². The molecule has 9 heteroatoms. The van der Waals surface area contributed by atoms with Gasteiger partial charge in [0.05, 0.1) is 12.4 Å². The van der Waals surface area contributed by atoms with E-state index < -0.39 is 30.0 Å². The fourth-order valence-corrected chi connectivity index (χ4v) is 3.55. The third kappa shape index (κ3) is 5.20. The number of carboxylic acid groups (broad SMARTS) is 1. The Bertz CT molecular complexity index is 840. The SMILES string of the molecule is NC(Cc1cnc[nH]1)C(=O)N1CCC[C@H]1C(=O)NC(Cc1ccccc1)C(=O)O. The Balaban J connectivity index is 1.63. The smallest absolute Gasteiger partial charge is 0.326 e. The minimum atomic E-state index is -1.12. The lowest BCUT2D eigenvalue weighted by atomic mass is 10.0. The lowest BCUT2D eigenvalue weighted by Crippen LogP contribution is -2.54. The summed E-state index contributed by atoms with van der Waals surface area (Å²) in [5, 5.41) is 12.1. The third-order valence-electron chi connectivity index (χ3n) is 5.05. The van der Waals surface area contributed by atoms with Crippen LogP contribution in [0.2, 0.25) is 0 Å². The second kappa shape index (κ2) is 9.33. The highest BCUT2D eigenvalue weighted by atomic mass is 16.4. The molecule has 1 fully saturated rings. The van der Waals surface area contributed by atoms with E-state index in [0.717, 1.165) is 11.3 Å². The lowest BCUT2D eigenvalue weighted by molar-refractivity contribution is -0.144. The predicted octanol–water partition coefficient (Wildman–Crippen LogP) is 0.0826. The fraction of sp³-hybridized carbons (Fsp3) is 0.400. The Morgan fingerprint density at radius 3 is 2.69 bits per heavy atom. The monoisotopic (exact) mass is 399 g/mol. The number of nitrogens with two attached hydrogens (primary N) is 1. The number of nitrogens with zero attached hydrogens (tertiary/aromatic N) is 2. The Morgan fingerprint density at radius 1 is 1.28 bits per heavy atom. The molecule has 1 aromatic carbocycles. The summed E-state index contributed by atoms with van der Waals surface area (Å²) in [6.45, 7) is 0.421. The number of carbonyl (C=O) groups is 3. The van der Waals surface area contributed by atoms with Gasteiger partial charge in [-0.05, 0) is 18.4 Å². The summed E-state index contributed by atoms with van der Waals surface area (Å²) in [6.07, 6.45) is 4.71. The molecule has 0 spiro atoms. The van der Waals surface area contributed by atoms with Gasteiger partial charge in [0.2, 0.25) is 11.8 Å². The number of hydrogen-bond donors (Lipinski definition) is 4. The van der Waals surface area contributed by atoms with Crippen molar-refractivity contribution in [3.63, 3.8) is 0 Å². The maximum absolute atomic E-state index is 12.8. The van der Waals surface area contributed by atoms with Gasteiger partial charge >= 0.3 is 5.97 Å². The zero-order chi connectivity index (χ0) is 20.8. The minimum absolute atomic E-state index is 0.169. The Morgan fingerprint density at radius 2 is 2.03 bits per heavy atom. The summed E-state index contributed by atoms with van der Waals surface area (Å²) < 4.78 is 0. The van der Waals surface area contributed by atoms with E-state index in [1.807, 2.05) is 30.3 Å². The molecule has 2 heterocycles. The highest BCUT2D eigenvalue weighted by molar-refractivity contribution is 5.92. The van der Waals surface area contributed by atoms with Gasteiger partial charge in [0, 0.05) is 31.3 Å². The molecule has 1 aliphatic heterocycles. The molecule has 1 saturated heterocycles. The lowest BCUT2D eigenvalue weighted by Gasteiger charge is -2.27. The number of benzene rings is 1. The average Bonchev–Trinajstić information content (AvgIpc) is 3.39. The first-order valence-electron chi connectivity index (χ1n) is 9.56.